The van der Waals surface area contributed by atoms with E-state index in [1.165, 1.54) is 0 Å². The zero-order chi connectivity index (χ0) is 18.1. The molecule has 0 aliphatic rings. The van der Waals surface area contributed by atoms with Gasteiger partial charge in [-0.3, -0.25) is 14.4 Å². The molecule has 5 heteroatoms. The number of benzene rings is 2. The molecule has 0 bridgehead atoms. The Morgan fingerprint density at radius 1 is 0.960 bits per heavy atom. The smallest absolute Gasteiger partial charge is 0.321 e. The van der Waals surface area contributed by atoms with Crippen LogP contribution in [0.25, 0.3) is 0 Å². The van der Waals surface area contributed by atoms with Crippen molar-refractivity contribution in [2.75, 3.05) is 6.61 Å². The summed E-state index contributed by atoms with van der Waals surface area (Å²) in [6.45, 7) is 3.71. The normalized spacial score (nSPS) is 12.9. The fourth-order valence-electron chi connectivity index (χ4n) is 2.41. The van der Waals surface area contributed by atoms with E-state index in [2.05, 4.69) is 5.48 Å². The van der Waals surface area contributed by atoms with Crippen molar-refractivity contribution in [2.45, 2.75) is 26.9 Å². The molecule has 1 N–H and O–H groups in total. The van der Waals surface area contributed by atoms with Gasteiger partial charge >= 0.3 is 5.97 Å². The quantitative estimate of drug-likeness (QED) is 0.455. The van der Waals surface area contributed by atoms with Crippen molar-refractivity contribution in [2.24, 2.45) is 5.41 Å². The highest BCUT2D eigenvalue weighted by molar-refractivity contribution is 6.02. The molecule has 1 amide bonds. The van der Waals surface area contributed by atoms with Crippen molar-refractivity contribution < 1.29 is 19.2 Å². The topological polar surface area (TPSA) is 64.6 Å². The van der Waals surface area contributed by atoms with Gasteiger partial charge in [0.2, 0.25) is 0 Å². The molecule has 25 heavy (non-hydrogen) atoms. The second-order valence-electron chi connectivity index (χ2n) is 5.92. The lowest BCUT2D eigenvalue weighted by molar-refractivity contribution is -0.165. The summed E-state index contributed by atoms with van der Waals surface area (Å²) in [6.07, 6.45) is 0.229. The first kappa shape index (κ1) is 18.7. The van der Waals surface area contributed by atoms with Crippen molar-refractivity contribution in [3.05, 3.63) is 71.8 Å². The number of hydrogen-bond acceptors (Lipinski definition) is 4. The fourth-order valence-corrected chi connectivity index (χ4v) is 2.41. The third-order valence-electron chi connectivity index (χ3n) is 3.87. The predicted octanol–water partition coefficient (Wildman–Crippen LogP) is 3.05. The fraction of sp³-hybridized carbons (Fsp3) is 0.300. The molecule has 0 radical (unpaired) electrons. The van der Waals surface area contributed by atoms with Crippen LogP contribution in [0.2, 0.25) is 0 Å². The second-order valence-corrected chi connectivity index (χ2v) is 5.92. The Kier molecular flexibility index (Phi) is 6.71. The molecule has 0 spiro atoms. The second kappa shape index (κ2) is 8.99. The van der Waals surface area contributed by atoms with Gasteiger partial charge in [-0.2, -0.15) is 0 Å². The summed E-state index contributed by atoms with van der Waals surface area (Å²) in [5.41, 5.74) is 2.82. The van der Waals surface area contributed by atoms with Crippen LogP contribution in [-0.2, 0) is 32.2 Å². The lowest BCUT2D eigenvalue weighted by Gasteiger charge is -2.26. The van der Waals surface area contributed by atoms with Crippen molar-refractivity contribution in [3.63, 3.8) is 0 Å². The van der Waals surface area contributed by atoms with Gasteiger partial charge in [-0.15, -0.1) is 0 Å². The zero-order valence-corrected chi connectivity index (χ0v) is 14.5. The van der Waals surface area contributed by atoms with Crippen molar-refractivity contribution in [3.8, 4) is 0 Å². The largest absolute Gasteiger partial charge is 0.465 e. The number of carbonyl (C=O) groups excluding carboxylic acids is 2. The average molecular weight is 341 g/mol. The van der Waals surface area contributed by atoms with Crippen LogP contribution in [0.1, 0.15) is 25.0 Å². The highest BCUT2D eigenvalue weighted by atomic mass is 16.7. The van der Waals surface area contributed by atoms with E-state index in [9.17, 15) is 9.59 Å². The van der Waals surface area contributed by atoms with E-state index in [0.717, 1.165) is 11.1 Å². The van der Waals surface area contributed by atoms with Gasteiger partial charge in [0.1, 0.15) is 5.41 Å². The van der Waals surface area contributed by atoms with Crippen LogP contribution in [0.3, 0.4) is 0 Å². The van der Waals surface area contributed by atoms with E-state index in [1.54, 1.807) is 13.8 Å². The lowest BCUT2D eigenvalue weighted by Crippen LogP contribution is -2.46. The van der Waals surface area contributed by atoms with E-state index in [-0.39, 0.29) is 19.6 Å². The summed E-state index contributed by atoms with van der Waals surface area (Å²) in [7, 11) is 0. The molecular weight excluding hydrogens is 318 g/mol. The summed E-state index contributed by atoms with van der Waals surface area (Å²) in [5.74, 6) is -1.09. The molecule has 0 fully saturated rings. The molecule has 0 aliphatic heterocycles. The van der Waals surface area contributed by atoms with E-state index >= 15 is 0 Å². The van der Waals surface area contributed by atoms with Crippen LogP contribution in [0.15, 0.2) is 60.7 Å². The van der Waals surface area contributed by atoms with Crippen molar-refractivity contribution in [1.29, 1.82) is 0 Å². The molecule has 2 aromatic carbocycles. The number of esters is 1. The van der Waals surface area contributed by atoms with Gasteiger partial charge < -0.3 is 4.74 Å². The Morgan fingerprint density at radius 2 is 1.52 bits per heavy atom. The molecule has 5 nitrogen and oxygen atoms in total. The van der Waals surface area contributed by atoms with Crippen LogP contribution in [0, 0.1) is 5.41 Å². The third kappa shape index (κ3) is 5.16. The van der Waals surface area contributed by atoms with E-state index in [0.29, 0.717) is 0 Å². The monoisotopic (exact) mass is 341 g/mol. The van der Waals surface area contributed by atoms with E-state index in [4.69, 9.17) is 9.57 Å². The number of carbonyl (C=O) groups is 2. The van der Waals surface area contributed by atoms with Gasteiger partial charge in [0, 0.05) is 0 Å². The third-order valence-corrected chi connectivity index (χ3v) is 3.87. The molecule has 2 rings (SSSR count). The molecule has 0 heterocycles. The minimum Gasteiger partial charge on any atom is -0.465 e. The summed E-state index contributed by atoms with van der Waals surface area (Å²) < 4.78 is 5.11. The number of hydroxylamine groups is 1. The maximum Gasteiger partial charge on any atom is 0.321 e. The Labute approximate surface area is 147 Å². The summed E-state index contributed by atoms with van der Waals surface area (Å²) >= 11 is 0. The molecule has 1 atom stereocenters. The SMILES string of the molecule is CCOC(=O)C(C)(Cc1ccccc1)C(=O)NOCc1ccccc1. The number of amides is 1. The first-order valence-electron chi connectivity index (χ1n) is 8.23. The zero-order valence-electron chi connectivity index (χ0n) is 14.5. The van der Waals surface area contributed by atoms with Crippen LogP contribution in [0.4, 0.5) is 0 Å². The van der Waals surface area contributed by atoms with Crippen LogP contribution in [-0.4, -0.2) is 18.5 Å². The Morgan fingerprint density at radius 3 is 2.08 bits per heavy atom. The van der Waals surface area contributed by atoms with Crippen LogP contribution >= 0.6 is 0 Å². The van der Waals surface area contributed by atoms with Crippen molar-refractivity contribution >= 4 is 11.9 Å². The molecule has 1 unspecified atom stereocenters. The first-order valence-corrected chi connectivity index (χ1v) is 8.23. The minimum absolute atomic E-state index is 0.210. The Balaban J connectivity index is 2.05. The first-order chi connectivity index (χ1) is 12.1. The van der Waals surface area contributed by atoms with Gasteiger partial charge in [-0.25, -0.2) is 5.48 Å². The number of rotatable bonds is 8. The molecule has 0 saturated carbocycles. The maximum absolute atomic E-state index is 12.6. The summed E-state index contributed by atoms with van der Waals surface area (Å²) in [6, 6.07) is 18.8. The van der Waals surface area contributed by atoms with Gasteiger partial charge in [-0.05, 0) is 31.4 Å². The molecular formula is C20H23NO4. The Hall–Kier alpha value is -2.66. The molecule has 2 aromatic rings. The van der Waals surface area contributed by atoms with Gasteiger partial charge in [-0.1, -0.05) is 60.7 Å². The van der Waals surface area contributed by atoms with Gasteiger partial charge in [0.25, 0.3) is 5.91 Å². The summed E-state index contributed by atoms with van der Waals surface area (Å²) in [5, 5.41) is 0. The Bertz CT molecular complexity index is 687. The molecule has 0 aliphatic carbocycles. The predicted molar refractivity (Wildman–Crippen MR) is 94.3 cm³/mol. The maximum atomic E-state index is 12.6. The molecule has 0 aromatic heterocycles. The molecule has 132 valence electrons. The van der Waals surface area contributed by atoms with Crippen LogP contribution in [0.5, 0.6) is 0 Å². The van der Waals surface area contributed by atoms with Crippen molar-refractivity contribution in [1.82, 2.24) is 5.48 Å². The van der Waals surface area contributed by atoms with Crippen LogP contribution < -0.4 is 5.48 Å². The lowest BCUT2D eigenvalue weighted by atomic mass is 9.83. The number of nitrogens with one attached hydrogen (secondary N) is 1. The van der Waals surface area contributed by atoms with Gasteiger partial charge in [0.05, 0.1) is 13.2 Å². The number of hydrogen-bond donors (Lipinski definition) is 1. The van der Waals surface area contributed by atoms with E-state index in [1.807, 2.05) is 60.7 Å². The minimum atomic E-state index is -1.37. The summed E-state index contributed by atoms with van der Waals surface area (Å²) in [4.78, 5) is 30.3. The number of ether oxygens (including phenoxy) is 1. The highest BCUT2D eigenvalue weighted by Gasteiger charge is 2.43. The van der Waals surface area contributed by atoms with Gasteiger partial charge in [0.15, 0.2) is 0 Å². The standard InChI is InChI=1S/C20H23NO4/c1-3-24-19(23)20(2,14-16-10-6-4-7-11-16)18(22)21-25-15-17-12-8-5-9-13-17/h4-13H,3,14-15H2,1-2H3,(H,21,22). The highest BCUT2D eigenvalue weighted by Crippen LogP contribution is 2.25. The average Bonchev–Trinajstić information content (AvgIpc) is 2.63. The molecule has 0 saturated heterocycles. The van der Waals surface area contributed by atoms with E-state index < -0.39 is 17.3 Å².